The highest BCUT2D eigenvalue weighted by atomic mass is 35.5. The molecular formula is C30H28ClFN4. The Bertz CT molecular complexity index is 1460. The fraction of sp³-hybridized carbons (Fsp3) is 0.167. The molecule has 2 aromatic carbocycles. The number of hydrogen-bond acceptors (Lipinski definition) is 4. The van der Waals surface area contributed by atoms with Crippen LogP contribution in [0.1, 0.15) is 23.6 Å². The summed E-state index contributed by atoms with van der Waals surface area (Å²) in [5.74, 6) is -0.401. The molecule has 0 aliphatic heterocycles. The smallest absolute Gasteiger partial charge is 0.160 e. The predicted molar refractivity (Wildman–Crippen MR) is 150 cm³/mol. The third-order valence-electron chi connectivity index (χ3n) is 5.96. The van der Waals surface area contributed by atoms with E-state index in [9.17, 15) is 4.39 Å². The average Bonchev–Trinajstić information content (AvgIpc) is 2.88. The molecule has 0 radical (unpaired) electrons. The number of allylic oxidation sites excluding steroid dienone is 3. The fourth-order valence-corrected chi connectivity index (χ4v) is 4.19. The molecule has 0 aliphatic carbocycles. The summed E-state index contributed by atoms with van der Waals surface area (Å²) in [6, 6.07) is 18.7. The number of fused-ring (bicyclic) bond motifs is 1. The van der Waals surface area contributed by atoms with Crippen molar-refractivity contribution in [2.45, 2.75) is 13.3 Å². The second kappa shape index (κ2) is 11.4. The summed E-state index contributed by atoms with van der Waals surface area (Å²) in [5, 5.41) is 1.27. The summed E-state index contributed by atoms with van der Waals surface area (Å²) in [7, 11) is 4.15. The van der Waals surface area contributed by atoms with Gasteiger partial charge in [0, 0.05) is 40.5 Å². The van der Waals surface area contributed by atoms with Crippen molar-refractivity contribution in [2.24, 2.45) is 4.99 Å². The molecule has 4 rings (SSSR count). The van der Waals surface area contributed by atoms with Gasteiger partial charge in [0.2, 0.25) is 0 Å². The molecule has 0 fully saturated rings. The van der Waals surface area contributed by atoms with E-state index in [0.29, 0.717) is 21.9 Å². The van der Waals surface area contributed by atoms with E-state index in [4.69, 9.17) is 11.6 Å². The monoisotopic (exact) mass is 498 g/mol. The zero-order valence-electron chi connectivity index (χ0n) is 20.7. The number of likely N-dealkylation sites (N-methyl/N-ethyl adjacent to an activating group) is 1. The van der Waals surface area contributed by atoms with E-state index in [0.717, 1.165) is 40.6 Å². The molecule has 4 aromatic rings. The number of rotatable bonds is 8. The molecule has 6 heteroatoms. The number of aromatic nitrogens is 2. The average molecular weight is 499 g/mol. The van der Waals surface area contributed by atoms with Crippen molar-refractivity contribution in [3.05, 3.63) is 107 Å². The number of hydrogen-bond donors (Lipinski definition) is 0. The van der Waals surface area contributed by atoms with Gasteiger partial charge in [-0.1, -0.05) is 35.9 Å². The summed E-state index contributed by atoms with van der Waals surface area (Å²) in [6.07, 6.45) is 6.43. The molecule has 0 unspecified atom stereocenters. The van der Waals surface area contributed by atoms with Crippen LogP contribution in [0, 0.1) is 5.82 Å². The maximum Gasteiger partial charge on any atom is 0.160 e. The summed E-state index contributed by atoms with van der Waals surface area (Å²) >= 11 is 6.16. The summed E-state index contributed by atoms with van der Waals surface area (Å²) in [6.45, 7) is 6.74. The molecule has 0 aliphatic rings. The summed E-state index contributed by atoms with van der Waals surface area (Å²) in [5.41, 5.74) is 6.39. The van der Waals surface area contributed by atoms with E-state index in [1.165, 1.54) is 17.7 Å². The van der Waals surface area contributed by atoms with Crippen LogP contribution in [0.3, 0.4) is 0 Å². The van der Waals surface area contributed by atoms with Crippen LogP contribution >= 0.6 is 11.6 Å². The third-order valence-corrected chi connectivity index (χ3v) is 6.19. The first-order chi connectivity index (χ1) is 17.4. The van der Waals surface area contributed by atoms with E-state index in [-0.39, 0.29) is 0 Å². The van der Waals surface area contributed by atoms with E-state index in [2.05, 4.69) is 77.9 Å². The van der Waals surface area contributed by atoms with Crippen LogP contribution in [0.5, 0.6) is 0 Å². The minimum Gasteiger partial charge on any atom is -0.309 e. The molecule has 0 N–H and O–H groups in total. The minimum absolute atomic E-state index is 0.316. The normalized spacial score (nSPS) is 12.4. The van der Waals surface area contributed by atoms with Crippen LogP contribution in [0.25, 0.3) is 33.4 Å². The lowest BCUT2D eigenvalue weighted by molar-refractivity contribution is 0.413. The molecule has 0 saturated heterocycles. The Morgan fingerprint density at radius 3 is 2.61 bits per heavy atom. The van der Waals surface area contributed by atoms with Crippen LogP contribution in [0.15, 0.2) is 84.1 Å². The van der Waals surface area contributed by atoms with Gasteiger partial charge in [0.05, 0.1) is 5.69 Å². The highest BCUT2D eigenvalue weighted by Gasteiger charge is 2.14. The van der Waals surface area contributed by atoms with E-state index >= 15 is 0 Å². The predicted octanol–water partition coefficient (Wildman–Crippen LogP) is 7.34. The maximum absolute atomic E-state index is 14.7. The van der Waals surface area contributed by atoms with Crippen LogP contribution in [0.4, 0.5) is 4.39 Å². The van der Waals surface area contributed by atoms with E-state index < -0.39 is 5.82 Å². The lowest BCUT2D eigenvalue weighted by atomic mass is 9.96. The maximum atomic E-state index is 14.7. The Hall–Kier alpha value is -3.67. The van der Waals surface area contributed by atoms with E-state index in [1.807, 2.05) is 18.2 Å². The minimum atomic E-state index is -0.401. The van der Waals surface area contributed by atoms with Gasteiger partial charge in [0.1, 0.15) is 5.82 Å². The molecule has 182 valence electrons. The standard InChI is InChI=1S/C30H28ClFN4/c1-20(22-9-7-21(8-10-22)13-15-36(3)4)16-23(19-33-2)26-18-29(27-17-24(31)11-12-28(27)32)35-30-25(26)6-5-14-34-30/h5-12,14,16-19H,2,13,15H2,1,3-4H3/b20-16+,23-19+. The van der Waals surface area contributed by atoms with Gasteiger partial charge in [0.25, 0.3) is 0 Å². The molecule has 0 bridgehead atoms. The highest BCUT2D eigenvalue weighted by molar-refractivity contribution is 6.30. The van der Waals surface area contributed by atoms with Crippen LogP contribution in [-0.4, -0.2) is 42.2 Å². The summed E-state index contributed by atoms with van der Waals surface area (Å²) in [4.78, 5) is 15.3. The van der Waals surface area contributed by atoms with E-state index in [1.54, 1.807) is 18.5 Å². The Morgan fingerprint density at radius 2 is 1.89 bits per heavy atom. The molecule has 2 heterocycles. The van der Waals surface area contributed by atoms with Gasteiger partial charge < -0.3 is 4.90 Å². The van der Waals surface area contributed by atoms with Crippen molar-refractivity contribution in [2.75, 3.05) is 20.6 Å². The zero-order valence-corrected chi connectivity index (χ0v) is 21.4. The molecule has 0 amide bonds. The zero-order chi connectivity index (χ0) is 25.7. The Labute approximate surface area is 216 Å². The van der Waals surface area contributed by atoms with Gasteiger partial charge in [-0.3, -0.25) is 4.99 Å². The number of pyridine rings is 2. The SMILES string of the molecule is C=N/C=C(\C=C(/C)c1ccc(CCN(C)C)cc1)c1cc(-c2cc(Cl)ccc2F)nc2ncccc12. The molecule has 4 nitrogen and oxygen atoms in total. The third kappa shape index (κ3) is 5.93. The van der Waals surface area contributed by atoms with Crippen molar-refractivity contribution in [1.29, 1.82) is 0 Å². The molecular weight excluding hydrogens is 471 g/mol. The lowest BCUT2D eigenvalue weighted by Crippen LogP contribution is -2.14. The van der Waals surface area contributed by atoms with Crippen LogP contribution in [-0.2, 0) is 6.42 Å². The molecule has 0 saturated carbocycles. The Morgan fingerprint density at radius 1 is 1.11 bits per heavy atom. The van der Waals surface area contributed by atoms with Crippen molar-refractivity contribution >= 4 is 40.5 Å². The Balaban J connectivity index is 1.79. The molecule has 0 spiro atoms. The summed E-state index contributed by atoms with van der Waals surface area (Å²) < 4.78 is 14.7. The van der Waals surface area contributed by atoms with Gasteiger partial charge in [-0.25, -0.2) is 14.4 Å². The molecule has 2 aromatic heterocycles. The first-order valence-corrected chi connectivity index (χ1v) is 12.0. The van der Waals surface area contributed by atoms with Gasteiger partial charge in [0.15, 0.2) is 5.65 Å². The number of benzene rings is 2. The lowest BCUT2D eigenvalue weighted by Gasteiger charge is -2.12. The first-order valence-electron chi connectivity index (χ1n) is 11.7. The van der Waals surface area contributed by atoms with Crippen LogP contribution in [0.2, 0.25) is 5.02 Å². The van der Waals surface area contributed by atoms with Gasteiger partial charge in [-0.2, -0.15) is 0 Å². The van der Waals surface area contributed by atoms with Crippen LogP contribution < -0.4 is 0 Å². The highest BCUT2D eigenvalue weighted by Crippen LogP contribution is 2.33. The molecule has 0 atom stereocenters. The number of nitrogens with zero attached hydrogens (tertiary/aromatic N) is 4. The number of halogens is 2. The van der Waals surface area contributed by atoms with Crippen molar-refractivity contribution in [3.8, 4) is 11.3 Å². The van der Waals surface area contributed by atoms with Gasteiger partial charge in [-0.15, -0.1) is 0 Å². The van der Waals surface area contributed by atoms with Gasteiger partial charge >= 0.3 is 0 Å². The Kier molecular flexibility index (Phi) is 8.04. The topological polar surface area (TPSA) is 41.4 Å². The second-order valence-corrected chi connectivity index (χ2v) is 9.33. The van der Waals surface area contributed by atoms with Gasteiger partial charge in [-0.05, 0) is 98.9 Å². The number of aliphatic imine (C=N–C) groups is 1. The van der Waals surface area contributed by atoms with Crippen molar-refractivity contribution < 1.29 is 4.39 Å². The van der Waals surface area contributed by atoms with Crippen molar-refractivity contribution in [3.63, 3.8) is 0 Å². The first kappa shape index (κ1) is 25.4. The quantitative estimate of drug-likeness (QED) is 0.188. The molecule has 36 heavy (non-hydrogen) atoms. The van der Waals surface area contributed by atoms with Crippen molar-refractivity contribution in [1.82, 2.24) is 14.9 Å². The second-order valence-electron chi connectivity index (χ2n) is 8.90. The fourth-order valence-electron chi connectivity index (χ4n) is 4.01. The largest absolute Gasteiger partial charge is 0.309 e.